The van der Waals surface area contributed by atoms with Gasteiger partial charge in [0, 0.05) is 30.4 Å². The van der Waals surface area contributed by atoms with E-state index in [2.05, 4.69) is 65.0 Å². The molecule has 43 heavy (non-hydrogen) atoms. The van der Waals surface area contributed by atoms with E-state index >= 15 is 0 Å². The van der Waals surface area contributed by atoms with Gasteiger partial charge in [0.05, 0.1) is 12.7 Å². The average Bonchev–Trinajstić information content (AvgIpc) is 3.47. The van der Waals surface area contributed by atoms with Gasteiger partial charge in [-0.05, 0) is 48.9 Å². The van der Waals surface area contributed by atoms with Crippen molar-refractivity contribution in [3.63, 3.8) is 0 Å². The van der Waals surface area contributed by atoms with Gasteiger partial charge in [-0.3, -0.25) is 0 Å². The van der Waals surface area contributed by atoms with E-state index in [0.29, 0.717) is 5.56 Å². The first kappa shape index (κ1) is 39.1. The molecule has 8 heteroatoms. The van der Waals surface area contributed by atoms with Crippen LogP contribution >= 0.6 is 0 Å². The molecule has 0 aromatic heterocycles. The van der Waals surface area contributed by atoms with Gasteiger partial charge >= 0.3 is 23.1 Å². The summed E-state index contributed by atoms with van der Waals surface area (Å²) in [5, 5.41) is 13.0. The Hall–Kier alpha value is -1.95. The molecule has 1 saturated heterocycles. The molecule has 230 valence electrons. The van der Waals surface area contributed by atoms with E-state index in [1.807, 2.05) is 67.6 Å². The Kier molecular flexibility index (Phi) is 15.9. The van der Waals surface area contributed by atoms with Crippen molar-refractivity contribution < 1.29 is 19.6 Å². The Labute approximate surface area is 279 Å². The summed E-state index contributed by atoms with van der Waals surface area (Å²) in [5.41, 5.74) is 5.33. The zero-order chi connectivity index (χ0) is 31.6. The van der Waals surface area contributed by atoms with Gasteiger partial charge in [-0.25, -0.2) is 4.99 Å². The minimum absolute atomic E-state index is 0. The number of ether oxygens (including phenoxy) is 2. The van der Waals surface area contributed by atoms with Crippen molar-refractivity contribution in [2.45, 2.75) is 85.2 Å². The van der Waals surface area contributed by atoms with E-state index in [9.17, 15) is 5.11 Å². The fourth-order valence-electron chi connectivity index (χ4n) is 4.85. The molecule has 0 amide bonds. The molecular weight excluding hydrogens is 577 g/mol. The Morgan fingerprint density at radius 3 is 1.86 bits per heavy atom. The molecule has 1 N–H and O–H groups in total. The normalized spacial score (nSPS) is 13.4. The van der Waals surface area contributed by atoms with Gasteiger partial charge in [-0.1, -0.05) is 124 Å². The van der Waals surface area contributed by atoms with Crippen LogP contribution in [-0.2, 0) is 10.2 Å². The molecule has 3 aromatic rings. The molecule has 1 heterocycles. The summed E-state index contributed by atoms with van der Waals surface area (Å²) in [6.45, 7) is 24.0. The maximum atomic E-state index is 13.0. The smallest absolute Gasteiger partial charge is 0.872 e. The predicted octanol–water partition coefficient (Wildman–Crippen LogP) is 7.32. The summed E-state index contributed by atoms with van der Waals surface area (Å²) in [6.07, 6.45) is 4.36. The number of para-hydroxylation sites is 2. The first-order valence-corrected chi connectivity index (χ1v) is 21.9. The van der Waals surface area contributed by atoms with Crippen molar-refractivity contribution in [3.05, 3.63) is 82.0 Å². The van der Waals surface area contributed by atoms with Crippen LogP contribution in [0.5, 0.6) is 11.5 Å². The van der Waals surface area contributed by atoms with Crippen LogP contribution in [0.3, 0.4) is 0 Å². The van der Waals surface area contributed by atoms with Crippen LogP contribution in [0.2, 0.25) is 39.3 Å². The van der Waals surface area contributed by atoms with Gasteiger partial charge in [0.1, 0.15) is 5.75 Å². The van der Waals surface area contributed by atoms with Gasteiger partial charge in [0.15, 0.2) is 6.21 Å². The molecule has 1 fully saturated rings. The molecule has 0 bridgehead atoms. The van der Waals surface area contributed by atoms with Crippen molar-refractivity contribution >= 4 is 51.4 Å². The molecule has 0 spiro atoms. The fourth-order valence-corrected chi connectivity index (χ4v) is 12.9. The summed E-state index contributed by atoms with van der Waals surface area (Å²) < 4.78 is 15.3. The predicted molar refractivity (Wildman–Crippen MR) is 189 cm³/mol. The maximum Gasteiger partial charge on any atom is 2.00 e. The van der Waals surface area contributed by atoms with Crippen molar-refractivity contribution in [2.75, 3.05) is 20.3 Å². The number of aryl methyl sites for hydroxylation is 1. The Bertz CT molecular complexity index is 1290. The Morgan fingerprint density at radius 1 is 0.860 bits per heavy atom. The molecular formula is C35H53MgN2O3Si2+. The molecule has 1 aliphatic heterocycles. The molecule has 0 atom stereocenters. The van der Waals surface area contributed by atoms with Crippen LogP contribution in [0.25, 0.3) is 15.8 Å². The van der Waals surface area contributed by atoms with Crippen LogP contribution in [0.4, 0.5) is 5.69 Å². The first-order chi connectivity index (χ1) is 19.5. The minimum Gasteiger partial charge on any atom is -0.872 e. The summed E-state index contributed by atoms with van der Waals surface area (Å²) in [6, 6.07) is 19.9. The number of methoxy groups -OCH3 is 1. The summed E-state index contributed by atoms with van der Waals surface area (Å²) in [4.78, 5) is 3.35. The molecule has 3 aromatic carbocycles. The van der Waals surface area contributed by atoms with Gasteiger partial charge in [-0.2, -0.15) is 0 Å². The summed E-state index contributed by atoms with van der Waals surface area (Å²) >= 11 is 0. The number of benzene rings is 3. The number of hydrogen-bond donors (Lipinski definition) is 1. The topological polar surface area (TPSA) is 69.6 Å². The number of hydrogen-bond acceptors (Lipinski definition) is 3. The molecule has 0 unspecified atom stereocenters. The molecule has 0 saturated carbocycles. The number of rotatable bonds is 6. The zero-order valence-electron chi connectivity index (χ0n) is 28.6. The van der Waals surface area contributed by atoms with Crippen LogP contribution in [-0.4, -0.2) is 66.1 Å². The monoisotopic (exact) mass is 629 g/mol. The van der Waals surface area contributed by atoms with Gasteiger partial charge in [0.25, 0.3) is 0 Å². The number of nitrogens with zero attached hydrogens (tertiary/aromatic N) is 1. The van der Waals surface area contributed by atoms with Crippen molar-refractivity contribution in [1.82, 2.24) is 0 Å². The van der Waals surface area contributed by atoms with Crippen molar-refractivity contribution in [3.8, 4) is 22.6 Å². The van der Waals surface area contributed by atoms with Crippen LogP contribution in [0, 0.1) is 6.92 Å². The minimum atomic E-state index is -1.11. The van der Waals surface area contributed by atoms with E-state index in [1.54, 1.807) is 13.3 Å². The van der Waals surface area contributed by atoms with Gasteiger partial charge in [0.2, 0.25) is 5.69 Å². The van der Waals surface area contributed by atoms with Crippen LogP contribution < -0.4 is 14.8 Å². The van der Waals surface area contributed by atoms with E-state index in [0.717, 1.165) is 46.9 Å². The third kappa shape index (κ3) is 14.1. The van der Waals surface area contributed by atoms with Crippen LogP contribution in [0.15, 0.2) is 60.7 Å². The molecule has 5 nitrogen and oxygen atoms in total. The average molecular weight is 630 g/mol. The van der Waals surface area contributed by atoms with Crippen molar-refractivity contribution in [2.24, 2.45) is 0 Å². The Morgan fingerprint density at radius 2 is 1.40 bits per heavy atom. The van der Waals surface area contributed by atoms with E-state index in [1.165, 1.54) is 12.8 Å². The number of nitrogens with one attached hydrogen (secondary N) is 1. The van der Waals surface area contributed by atoms with Gasteiger partial charge < -0.3 is 19.2 Å². The zero-order valence-corrected chi connectivity index (χ0v) is 32.0. The van der Waals surface area contributed by atoms with Gasteiger partial charge in [-0.15, -0.1) is 0 Å². The fraction of sp³-hybridized carbons (Fsp3) is 0.457. The third-order valence-corrected chi connectivity index (χ3v) is 11.6. The van der Waals surface area contributed by atoms with E-state index < -0.39 is 16.5 Å². The second kappa shape index (κ2) is 17.5. The summed E-state index contributed by atoms with van der Waals surface area (Å²) in [5.74, 6) is 0.882. The van der Waals surface area contributed by atoms with Crippen molar-refractivity contribution in [1.29, 1.82) is 0 Å². The third-order valence-electron chi connectivity index (χ3n) is 6.28. The maximum absolute atomic E-state index is 13.0. The largest absolute Gasteiger partial charge is 2.00 e. The quantitative estimate of drug-likeness (QED) is 0.229. The Balaban J connectivity index is 0.000000509. The molecule has 0 aliphatic carbocycles. The molecule has 0 radical (unpaired) electrons. The van der Waals surface area contributed by atoms with E-state index in [-0.39, 0.29) is 34.2 Å². The van der Waals surface area contributed by atoms with E-state index in [4.69, 9.17) is 14.1 Å². The second-order valence-electron chi connectivity index (χ2n) is 13.8. The standard InChI is InChI=1S/C25H27NO2.C6H18NSi2.C4H8O.Mg/c1-17-14-18(24(27)21(15-17)25(2,3)4)16-26-22-12-8-6-10-19(22)20-11-7-9-13-23(20)28-5;1-8(2,3)7-9(4,5)6;1-2-4-5-3-1;/h6-16,27H,1-5H3;1-6H3;1-4H2;/q;-1;;+2. The SMILES string of the molecule is C1CCOC1.COc1ccccc1-c1ccccc1[NH+]=Cc1cc(C)cc(C(C)(C)C)c1[O-].C[Si](C)(C)[N-][Si](C)(C)C.[Mg+2]. The second-order valence-corrected chi connectivity index (χ2v) is 23.4. The summed E-state index contributed by atoms with van der Waals surface area (Å²) in [7, 11) is -0.540. The first-order valence-electron chi connectivity index (χ1n) is 15.0. The molecule has 1 aliphatic rings. The molecule has 4 rings (SSSR count). The van der Waals surface area contributed by atoms with Crippen LogP contribution in [0.1, 0.15) is 50.3 Å².